The summed E-state index contributed by atoms with van der Waals surface area (Å²) in [6.07, 6.45) is 1.48. The highest BCUT2D eigenvalue weighted by Crippen LogP contribution is 2.24. The van der Waals surface area contributed by atoms with E-state index in [0.717, 1.165) is 6.07 Å². The van der Waals surface area contributed by atoms with Crippen LogP contribution in [0.15, 0.2) is 17.0 Å². The molecule has 1 aromatic carbocycles. The van der Waals surface area contributed by atoms with Crippen LogP contribution < -0.4 is 10.5 Å². The lowest BCUT2D eigenvalue weighted by Gasteiger charge is -2.12. The normalized spacial score (nSPS) is 14.5. The van der Waals surface area contributed by atoms with E-state index in [0.29, 0.717) is 6.07 Å². The summed E-state index contributed by atoms with van der Waals surface area (Å²) in [6.45, 7) is 1.72. The molecule has 0 aromatic heterocycles. The molecule has 2 unspecified atom stereocenters. The predicted molar refractivity (Wildman–Crippen MR) is 78.6 cm³/mol. The summed E-state index contributed by atoms with van der Waals surface area (Å²) < 4.78 is 47.2. The number of hydrogen-bond acceptors (Lipinski definition) is 4. The van der Waals surface area contributed by atoms with E-state index in [1.807, 2.05) is 0 Å². The minimum absolute atomic E-state index is 0.0689. The standard InChI is InChI=1S/C11H14ClFN2O4S2/c1-6(20(2)17)5-15-11(16)8-3-7(21(14,18)19)4-9(13)10(8)12/h3-4,6H,5H2,1-2H3,(H,15,16)(H2,14,18,19). The number of primary sulfonamides is 1. The molecule has 1 amide bonds. The summed E-state index contributed by atoms with van der Waals surface area (Å²) in [6, 6.07) is 1.53. The van der Waals surface area contributed by atoms with Crippen LogP contribution in [0.3, 0.4) is 0 Å². The van der Waals surface area contributed by atoms with E-state index in [4.69, 9.17) is 16.7 Å². The van der Waals surface area contributed by atoms with Gasteiger partial charge < -0.3 is 5.32 Å². The van der Waals surface area contributed by atoms with E-state index in [1.165, 1.54) is 6.26 Å². The molecule has 0 aliphatic carbocycles. The van der Waals surface area contributed by atoms with Crippen molar-refractivity contribution in [1.82, 2.24) is 5.32 Å². The molecule has 10 heteroatoms. The first-order chi connectivity index (χ1) is 9.54. The van der Waals surface area contributed by atoms with Crippen molar-refractivity contribution < 1.29 is 21.8 Å². The van der Waals surface area contributed by atoms with Crippen LogP contribution in [-0.2, 0) is 20.8 Å². The molecule has 1 rings (SSSR count). The van der Waals surface area contributed by atoms with Gasteiger partial charge in [-0.1, -0.05) is 11.6 Å². The zero-order valence-corrected chi connectivity index (χ0v) is 13.6. The van der Waals surface area contributed by atoms with Crippen molar-refractivity contribution in [3.05, 3.63) is 28.5 Å². The van der Waals surface area contributed by atoms with Gasteiger partial charge in [0.05, 0.1) is 15.5 Å². The minimum atomic E-state index is -4.17. The molecular formula is C11H14ClFN2O4S2. The molecule has 0 aliphatic rings. The van der Waals surface area contributed by atoms with E-state index in [2.05, 4.69) is 5.32 Å². The van der Waals surface area contributed by atoms with Crippen LogP contribution in [-0.4, -0.2) is 36.6 Å². The maximum atomic E-state index is 13.6. The second kappa shape index (κ2) is 6.82. The Morgan fingerprint density at radius 3 is 2.57 bits per heavy atom. The van der Waals surface area contributed by atoms with Crippen LogP contribution in [0, 0.1) is 5.82 Å². The second-order valence-corrected chi connectivity index (χ2v) is 8.07. The molecule has 118 valence electrons. The van der Waals surface area contributed by atoms with Crippen molar-refractivity contribution in [2.75, 3.05) is 12.8 Å². The average molecular weight is 357 g/mol. The third-order valence-corrected chi connectivity index (χ3v) is 5.27. The third kappa shape index (κ3) is 4.73. The fraction of sp³-hybridized carbons (Fsp3) is 0.364. The summed E-state index contributed by atoms with van der Waals surface area (Å²) in [5.74, 6) is -1.85. The van der Waals surface area contributed by atoms with Crippen molar-refractivity contribution in [3.8, 4) is 0 Å². The molecule has 0 radical (unpaired) electrons. The molecule has 3 N–H and O–H groups in total. The summed E-state index contributed by atoms with van der Waals surface area (Å²) in [5, 5.41) is 6.48. The van der Waals surface area contributed by atoms with Crippen molar-refractivity contribution in [2.24, 2.45) is 5.14 Å². The Labute approximate surface area is 129 Å². The number of nitrogens with two attached hydrogens (primary N) is 1. The highest BCUT2D eigenvalue weighted by atomic mass is 35.5. The molecule has 2 atom stereocenters. The van der Waals surface area contributed by atoms with Gasteiger partial charge in [-0.15, -0.1) is 0 Å². The maximum Gasteiger partial charge on any atom is 0.252 e. The number of carbonyl (C=O) groups excluding carboxylic acids is 1. The fourth-order valence-electron chi connectivity index (χ4n) is 1.34. The molecule has 0 saturated heterocycles. The van der Waals surface area contributed by atoms with Crippen LogP contribution in [0.4, 0.5) is 4.39 Å². The highest BCUT2D eigenvalue weighted by Gasteiger charge is 2.20. The van der Waals surface area contributed by atoms with E-state index < -0.39 is 42.5 Å². The molecule has 0 saturated carbocycles. The molecule has 0 heterocycles. The third-order valence-electron chi connectivity index (χ3n) is 2.69. The first-order valence-electron chi connectivity index (χ1n) is 5.66. The molecule has 0 bridgehead atoms. The number of benzene rings is 1. The Kier molecular flexibility index (Phi) is 5.85. The number of rotatable bonds is 5. The SMILES string of the molecule is CC(CNC(=O)c1cc(S(N)(=O)=O)cc(F)c1Cl)S(C)=O. The molecule has 1 aromatic rings. The van der Waals surface area contributed by atoms with Gasteiger partial charge in [-0.3, -0.25) is 9.00 Å². The zero-order valence-electron chi connectivity index (χ0n) is 11.2. The van der Waals surface area contributed by atoms with Crippen molar-refractivity contribution >= 4 is 38.3 Å². The number of amides is 1. The number of halogens is 2. The van der Waals surface area contributed by atoms with Crippen molar-refractivity contribution in [2.45, 2.75) is 17.1 Å². The lowest BCUT2D eigenvalue weighted by atomic mass is 10.2. The van der Waals surface area contributed by atoms with Gasteiger partial charge >= 0.3 is 0 Å². The average Bonchev–Trinajstić information content (AvgIpc) is 2.37. The predicted octanol–water partition coefficient (Wildman–Crippen LogP) is 0.623. The van der Waals surface area contributed by atoms with Gasteiger partial charge in [0.2, 0.25) is 10.0 Å². The molecule has 0 spiro atoms. The van der Waals surface area contributed by atoms with E-state index in [1.54, 1.807) is 6.92 Å². The van der Waals surface area contributed by atoms with Gasteiger partial charge in [0.1, 0.15) is 5.82 Å². The summed E-state index contributed by atoms with van der Waals surface area (Å²) in [5.41, 5.74) is -0.352. The number of carbonyl (C=O) groups is 1. The van der Waals surface area contributed by atoms with Gasteiger partial charge in [0, 0.05) is 28.9 Å². The van der Waals surface area contributed by atoms with Gasteiger partial charge in [-0.2, -0.15) is 0 Å². The van der Waals surface area contributed by atoms with Crippen LogP contribution >= 0.6 is 11.6 Å². The van der Waals surface area contributed by atoms with Crippen LogP contribution in [0.2, 0.25) is 5.02 Å². The molecule has 6 nitrogen and oxygen atoms in total. The number of sulfonamides is 1. The Bertz CT molecular complexity index is 694. The van der Waals surface area contributed by atoms with Gasteiger partial charge in [-0.05, 0) is 19.1 Å². The molecule has 0 aliphatic heterocycles. The fourth-order valence-corrected chi connectivity index (χ4v) is 2.41. The van der Waals surface area contributed by atoms with Gasteiger partial charge in [0.15, 0.2) is 0 Å². The van der Waals surface area contributed by atoms with E-state index in [9.17, 15) is 21.8 Å². The van der Waals surface area contributed by atoms with Crippen molar-refractivity contribution in [1.29, 1.82) is 0 Å². The van der Waals surface area contributed by atoms with Gasteiger partial charge in [0.25, 0.3) is 5.91 Å². The minimum Gasteiger partial charge on any atom is -0.351 e. The molecule has 21 heavy (non-hydrogen) atoms. The summed E-state index contributed by atoms with van der Waals surface area (Å²) in [4.78, 5) is 11.4. The van der Waals surface area contributed by atoms with Crippen LogP contribution in [0.25, 0.3) is 0 Å². The lowest BCUT2D eigenvalue weighted by Crippen LogP contribution is -2.33. The topological polar surface area (TPSA) is 106 Å². The summed E-state index contributed by atoms with van der Waals surface area (Å²) in [7, 11) is -5.32. The zero-order chi connectivity index (χ0) is 16.4. The number of hydrogen-bond donors (Lipinski definition) is 2. The Morgan fingerprint density at radius 2 is 2.10 bits per heavy atom. The lowest BCUT2D eigenvalue weighted by molar-refractivity contribution is 0.0953. The molecular weight excluding hydrogens is 343 g/mol. The smallest absolute Gasteiger partial charge is 0.252 e. The van der Waals surface area contributed by atoms with E-state index >= 15 is 0 Å². The Balaban J connectivity index is 3.09. The monoisotopic (exact) mass is 356 g/mol. The molecule has 0 fully saturated rings. The van der Waals surface area contributed by atoms with Crippen LogP contribution in [0.5, 0.6) is 0 Å². The maximum absolute atomic E-state index is 13.6. The Morgan fingerprint density at radius 1 is 1.52 bits per heavy atom. The van der Waals surface area contributed by atoms with E-state index in [-0.39, 0.29) is 17.4 Å². The second-order valence-electron chi connectivity index (χ2n) is 4.33. The largest absolute Gasteiger partial charge is 0.351 e. The van der Waals surface area contributed by atoms with Crippen molar-refractivity contribution in [3.63, 3.8) is 0 Å². The first kappa shape index (κ1) is 18.0. The highest BCUT2D eigenvalue weighted by molar-refractivity contribution is 7.89. The van der Waals surface area contributed by atoms with Gasteiger partial charge in [-0.25, -0.2) is 17.9 Å². The van der Waals surface area contributed by atoms with Crippen LogP contribution in [0.1, 0.15) is 17.3 Å². The quantitative estimate of drug-likeness (QED) is 0.806. The summed E-state index contributed by atoms with van der Waals surface area (Å²) >= 11 is 5.66. The Hall–Kier alpha value is -1.03. The number of nitrogens with one attached hydrogen (secondary N) is 1. The first-order valence-corrected chi connectivity index (χ1v) is 9.21.